The summed E-state index contributed by atoms with van der Waals surface area (Å²) in [5.74, 6) is 1.79. The average Bonchev–Trinajstić information content (AvgIpc) is 3.06. The molecule has 1 aliphatic rings. The lowest BCUT2D eigenvalue weighted by molar-refractivity contribution is 0.0671. The van der Waals surface area contributed by atoms with Crippen molar-refractivity contribution >= 4 is 17.4 Å². The standard InChI is InChI=1S/C22H25N5O2/c1-14-6-4-8-20(24-14)26-18-9-10-19(23-12-18)17-7-5-11-27(13-17)22(28)21-15(2)25-16(3)29-21/h4,6,8-10,12,17H,5,7,11,13H2,1-3H3,(H,24,26)/t17-/m0/s1. The number of rotatable bonds is 4. The van der Waals surface area contributed by atoms with Gasteiger partial charge in [-0.25, -0.2) is 9.97 Å². The van der Waals surface area contributed by atoms with E-state index in [-0.39, 0.29) is 11.8 Å². The summed E-state index contributed by atoms with van der Waals surface area (Å²) in [5.41, 5.74) is 3.50. The summed E-state index contributed by atoms with van der Waals surface area (Å²) in [6.07, 6.45) is 3.78. The van der Waals surface area contributed by atoms with E-state index in [2.05, 4.69) is 20.3 Å². The molecule has 150 valence electrons. The first-order valence-corrected chi connectivity index (χ1v) is 9.89. The fraction of sp³-hybridized carbons (Fsp3) is 0.364. The van der Waals surface area contributed by atoms with Crippen LogP contribution in [0.5, 0.6) is 0 Å². The second kappa shape index (κ2) is 8.03. The molecule has 0 saturated carbocycles. The van der Waals surface area contributed by atoms with Crippen molar-refractivity contribution < 1.29 is 9.21 Å². The third-order valence-electron chi connectivity index (χ3n) is 5.17. The van der Waals surface area contributed by atoms with Gasteiger partial charge in [-0.05, 0) is 51.0 Å². The van der Waals surface area contributed by atoms with Crippen molar-refractivity contribution in [2.75, 3.05) is 18.4 Å². The van der Waals surface area contributed by atoms with Crippen LogP contribution in [0.25, 0.3) is 0 Å². The van der Waals surface area contributed by atoms with Crippen LogP contribution >= 0.6 is 0 Å². The number of likely N-dealkylation sites (tertiary alicyclic amines) is 1. The van der Waals surface area contributed by atoms with Gasteiger partial charge in [0.2, 0.25) is 5.76 Å². The van der Waals surface area contributed by atoms with Crippen LogP contribution in [0.2, 0.25) is 0 Å². The van der Waals surface area contributed by atoms with Gasteiger partial charge in [-0.15, -0.1) is 0 Å². The van der Waals surface area contributed by atoms with Gasteiger partial charge in [0, 0.05) is 37.3 Å². The zero-order valence-electron chi connectivity index (χ0n) is 17.0. The molecule has 1 saturated heterocycles. The molecule has 0 aromatic carbocycles. The third kappa shape index (κ3) is 4.29. The maximum absolute atomic E-state index is 12.9. The molecular weight excluding hydrogens is 366 g/mol. The first-order valence-electron chi connectivity index (χ1n) is 9.89. The summed E-state index contributed by atoms with van der Waals surface area (Å²) in [6.45, 7) is 6.89. The minimum Gasteiger partial charge on any atom is -0.436 e. The third-order valence-corrected chi connectivity index (χ3v) is 5.17. The van der Waals surface area contributed by atoms with Crippen LogP contribution in [0.1, 0.15) is 52.3 Å². The number of anilines is 2. The Morgan fingerprint density at radius 1 is 1.17 bits per heavy atom. The predicted molar refractivity (Wildman–Crippen MR) is 110 cm³/mol. The molecule has 4 heterocycles. The van der Waals surface area contributed by atoms with E-state index in [0.29, 0.717) is 23.9 Å². The van der Waals surface area contributed by atoms with Gasteiger partial charge in [-0.1, -0.05) is 6.07 Å². The van der Waals surface area contributed by atoms with E-state index in [9.17, 15) is 4.79 Å². The number of amides is 1. The molecule has 3 aromatic rings. The van der Waals surface area contributed by atoms with Gasteiger partial charge < -0.3 is 14.6 Å². The van der Waals surface area contributed by atoms with E-state index in [1.54, 1.807) is 6.92 Å². The van der Waals surface area contributed by atoms with E-state index < -0.39 is 0 Å². The van der Waals surface area contributed by atoms with E-state index in [1.165, 1.54) is 0 Å². The summed E-state index contributed by atoms with van der Waals surface area (Å²) >= 11 is 0. The second-order valence-electron chi connectivity index (χ2n) is 7.50. The van der Waals surface area contributed by atoms with Crippen LogP contribution in [0, 0.1) is 20.8 Å². The van der Waals surface area contributed by atoms with Gasteiger partial charge in [-0.2, -0.15) is 0 Å². The number of oxazole rings is 1. The summed E-state index contributed by atoms with van der Waals surface area (Å²) in [4.78, 5) is 28.0. The first-order chi connectivity index (χ1) is 14.0. The Hall–Kier alpha value is -3.22. The number of nitrogens with one attached hydrogen (secondary N) is 1. The summed E-state index contributed by atoms with van der Waals surface area (Å²) in [7, 11) is 0. The molecule has 0 bridgehead atoms. The number of aromatic nitrogens is 3. The largest absolute Gasteiger partial charge is 0.436 e. The minimum absolute atomic E-state index is 0.0865. The van der Waals surface area contributed by atoms with Crippen molar-refractivity contribution in [1.82, 2.24) is 19.9 Å². The number of aryl methyl sites for hydroxylation is 3. The molecule has 0 aliphatic carbocycles. The molecule has 1 atom stereocenters. The highest BCUT2D eigenvalue weighted by Crippen LogP contribution is 2.28. The van der Waals surface area contributed by atoms with Gasteiger partial charge in [0.25, 0.3) is 5.91 Å². The average molecular weight is 391 g/mol. The van der Waals surface area contributed by atoms with Crippen molar-refractivity contribution in [3.63, 3.8) is 0 Å². The normalized spacial score (nSPS) is 16.7. The Morgan fingerprint density at radius 3 is 2.72 bits per heavy atom. The first kappa shape index (κ1) is 19.1. The van der Waals surface area contributed by atoms with E-state index in [4.69, 9.17) is 4.42 Å². The van der Waals surface area contributed by atoms with Crippen LogP contribution in [-0.2, 0) is 0 Å². The number of pyridine rings is 2. The molecule has 1 fully saturated rings. The lowest BCUT2D eigenvalue weighted by Crippen LogP contribution is -2.39. The molecule has 0 spiro atoms. The Balaban J connectivity index is 1.44. The Labute approximate surface area is 170 Å². The molecule has 7 heteroatoms. The zero-order chi connectivity index (χ0) is 20.4. The molecule has 1 aliphatic heterocycles. The maximum atomic E-state index is 12.9. The van der Waals surface area contributed by atoms with Crippen LogP contribution in [0.3, 0.4) is 0 Å². The summed E-state index contributed by atoms with van der Waals surface area (Å²) in [6, 6.07) is 9.90. The molecule has 4 rings (SSSR count). The molecule has 3 aromatic heterocycles. The fourth-order valence-corrected chi connectivity index (χ4v) is 3.76. The van der Waals surface area contributed by atoms with Gasteiger partial charge in [0.05, 0.1) is 17.6 Å². The van der Waals surface area contributed by atoms with E-state index in [0.717, 1.165) is 42.3 Å². The highest BCUT2D eigenvalue weighted by atomic mass is 16.4. The molecule has 7 nitrogen and oxygen atoms in total. The highest BCUT2D eigenvalue weighted by molar-refractivity contribution is 5.92. The lowest BCUT2D eigenvalue weighted by atomic mass is 9.94. The molecule has 1 amide bonds. The minimum atomic E-state index is -0.0865. The summed E-state index contributed by atoms with van der Waals surface area (Å²) in [5, 5.41) is 3.27. The van der Waals surface area contributed by atoms with E-state index >= 15 is 0 Å². The molecule has 1 N–H and O–H groups in total. The number of nitrogens with zero attached hydrogens (tertiary/aromatic N) is 4. The van der Waals surface area contributed by atoms with Gasteiger partial charge >= 0.3 is 0 Å². The van der Waals surface area contributed by atoms with Crippen molar-refractivity contribution in [3.05, 3.63) is 65.3 Å². The second-order valence-corrected chi connectivity index (χ2v) is 7.50. The van der Waals surface area contributed by atoms with Gasteiger partial charge in [-0.3, -0.25) is 9.78 Å². The van der Waals surface area contributed by atoms with Crippen molar-refractivity contribution in [2.24, 2.45) is 0 Å². The Kier molecular flexibility index (Phi) is 5.29. The molecule has 29 heavy (non-hydrogen) atoms. The fourth-order valence-electron chi connectivity index (χ4n) is 3.76. The van der Waals surface area contributed by atoms with Crippen LogP contribution < -0.4 is 5.32 Å². The number of carbonyl (C=O) groups is 1. The highest BCUT2D eigenvalue weighted by Gasteiger charge is 2.29. The van der Waals surface area contributed by atoms with Gasteiger partial charge in [0.15, 0.2) is 5.89 Å². The smallest absolute Gasteiger partial charge is 0.291 e. The maximum Gasteiger partial charge on any atom is 0.291 e. The zero-order valence-corrected chi connectivity index (χ0v) is 17.0. The topological polar surface area (TPSA) is 84.2 Å². The predicted octanol–water partition coefficient (Wildman–Crippen LogP) is 4.15. The van der Waals surface area contributed by atoms with Crippen molar-refractivity contribution in [1.29, 1.82) is 0 Å². The monoisotopic (exact) mass is 391 g/mol. The quantitative estimate of drug-likeness (QED) is 0.719. The number of carbonyl (C=O) groups excluding carboxylic acids is 1. The van der Waals surface area contributed by atoms with Crippen molar-refractivity contribution in [3.8, 4) is 0 Å². The Morgan fingerprint density at radius 2 is 2.03 bits per heavy atom. The molecule has 0 unspecified atom stereocenters. The lowest BCUT2D eigenvalue weighted by Gasteiger charge is -2.32. The van der Waals surface area contributed by atoms with Crippen LogP contribution in [0.15, 0.2) is 40.9 Å². The summed E-state index contributed by atoms with van der Waals surface area (Å²) < 4.78 is 5.52. The van der Waals surface area contributed by atoms with Crippen LogP contribution in [0.4, 0.5) is 11.5 Å². The van der Waals surface area contributed by atoms with E-state index in [1.807, 2.05) is 55.3 Å². The van der Waals surface area contributed by atoms with Crippen molar-refractivity contribution in [2.45, 2.75) is 39.5 Å². The van der Waals surface area contributed by atoms with Gasteiger partial charge in [0.1, 0.15) is 5.82 Å². The van der Waals surface area contributed by atoms with Crippen LogP contribution in [-0.4, -0.2) is 38.8 Å². The Bertz CT molecular complexity index is 1010. The number of hydrogen-bond acceptors (Lipinski definition) is 6. The molecular formula is C22H25N5O2. The molecule has 0 radical (unpaired) electrons. The SMILES string of the molecule is Cc1cccc(Nc2ccc([C@H]3CCCN(C(=O)c4oc(C)nc4C)C3)nc2)n1. The number of hydrogen-bond donors (Lipinski definition) is 1. The number of piperidine rings is 1.